The van der Waals surface area contributed by atoms with E-state index >= 15 is 0 Å². The zero-order valence-electron chi connectivity index (χ0n) is 13.6. The molecule has 1 N–H and O–H groups in total. The van der Waals surface area contributed by atoms with E-state index in [0.29, 0.717) is 16.6 Å². The van der Waals surface area contributed by atoms with Crippen LogP contribution in [-0.4, -0.2) is 38.7 Å². The van der Waals surface area contributed by atoms with Gasteiger partial charge in [-0.25, -0.2) is 0 Å². The Morgan fingerprint density at radius 3 is 2.82 bits per heavy atom. The number of piperidine rings is 1. The molecule has 0 bridgehead atoms. The summed E-state index contributed by atoms with van der Waals surface area (Å²) in [5.74, 6) is 1.67. The molecule has 2 aliphatic rings. The standard InChI is InChI=1S/C16H26N4OS/c1-3-20-13(17-18-15(20)22)12-7-6-10-19(11-12)14(21)16(2)8-4-5-9-16/h12H,3-11H2,1-2H3,(H,18,22)/t12-/m0/s1. The van der Waals surface area contributed by atoms with Crippen molar-refractivity contribution in [1.82, 2.24) is 19.7 Å². The van der Waals surface area contributed by atoms with Crippen LogP contribution in [0.3, 0.4) is 0 Å². The molecule has 0 spiro atoms. The number of aromatic nitrogens is 3. The lowest BCUT2D eigenvalue weighted by Gasteiger charge is -2.37. The summed E-state index contributed by atoms with van der Waals surface area (Å²) in [4.78, 5) is 15.0. The number of likely N-dealkylation sites (tertiary alicyclic amines) is 1. The summed E-state index contributed by atoms with van der Waals surface area (Å²) in [5, 5.41) is 7.33. The van der Waals surface area contributed by atoms with E-state index in [9.17, 15) is 4.79 Å². The summed E-state index contributed by atoms with van der Waals surface area (Å²) in [5.41, 5.74) is -0.128. The Morgan fingerprint density at radius 1 is 1.41 bits per heavy atom. The van der Waals surface area contributed by atoms with Crippen LogP contribution in [0.25, 0.3) is 0 Å². The van der Waals surface area contributed by atoms with E-state index in [-0.39, 0.29) is 5.41 Å². The first kappa shape index (κ1) is 15.7. The van der Waals surface area contributed by atoms with Gasteiger partial charge in [0.25, 0.3) is 0 Å². The molecule has 0 aromatic carbocycles. The van der Waals surface area contributed by atoms with Gasteiger partial charge in [-0.2, -0.15) is 5.10 Å². The maximum atomic E-state index is 12.9. The van der Waals surface area contributed by atoms with E-state index < -0.39 is 0 Å². The van der Waals surface area contributed by atoms with Crippen molar-refractivity contribution >= 4 is 18.1 Å². The minimum Gasteiger partial charge on any atom is -0.341 e. The van der Waals surface area contributed by atoms with Gasteiger partial charge in [0.1, 0.15) is 5.82 Å². The second-order valence-corrected chi connectivity index (χ2v) is 7.38. The summed E-state index contributed by atoms with van der Waals surface area (Å²) in [6.45, 7) is 6.73. The fraction of sp³-hybridized carbons (Fsp3) is 0.812. The van der Waals surface area contributed by atoms with Crippen LogP contribution in [0.1, 0.15) is 64.1 Å². The van der Waals surface area contributed by atoms with Crippen molar-refractivity contribution in [2.45, 2.75) is 64.8 Å². The third-order valence-electron chi connectivity index (χ3n) is 5.40. The molecule has 1 atom stereocenters. The predicted molar refractivity (Wildman–Crippen MR) is 88.2 cm³/mol. The highest BCUT2D eigenvalue weighted by atomic mass is 32.1. The first-order chi connectivity index (χ1) is 10.5. The van der Waals surface area contributed by atoms with Crippen molar-refractivity contribution in [1.29, 1.82) is 0 Å². The molecule has 1 aromatic rings. The Hall–Kier alpha value is -1.17. The number of carbonyl (C=O) groups is 1. The summed E-state index contributed by atoms with van der Waals surface area (Å²) in [6.07, 6.45) is 6.60. The molecule has 1 saturated carbocycles. The van der Waals surface area contributed by atoms with E-state index in [1.807, 2.05) is 0 Å². The number of nitrogens with zero attached hydrogens (tertiary/aromatic N) is 3. The van der Waals surface area contributed by atoms with Gasteiger partial charge in [0, 0.05) is 31.0 Å². The van der Waals surface area contributed by atoms with Gasteiger partial charge >= 0.3 is 0 Å². The molecule has 122 valence electrons. The van der Waals surface area contributed by atoms with E-state index in [4.69, 9.17) is 12.2 Å². The van der Waals surface area contributed by atoms with Crippen molar-refractivity contribution in [3.05, 3.63) is 10.6 Å². The van der Waals surface area contributed by atoms with Gasteiger partial charge in [-0.3, -0.25) is 9.89 Å². The van der Waals surface area contributed by atoms with Gasteiger partial charge in [-0.05, 0) is 44.8 Å². The Labute approximate surface area is 137 Å². The highest BCUT2D eigenvalue weighted by Crippen LogP contribution is 2.40. The first-order valence-corrected chi connectivity index (χ1v) is 8.90. The van der Waals surface area contributed by atoms with Crippen molar-refractivity contribution in [2.75, 3.05) is 13.1 Å². The first-order valence-electron chi connectivity index (χ1n) is 8.49. The quantitative estimate of drug-likeness (QED) is 0.869. The van der Waals surface area contributed by atoms with Gasteiger partial charge in [-0.1, -0.05) is 19.8 Å². The lowest BCUT2D eigenvalue weighted by atomic mass is 9.85. The van der Waals surface area contributed by atoms with Crippen LogP contribution < -0.4 is 0 Å². The Bertz CT molecular complexity index is 600. The minimum absolute atomic E-state index is 0.128. The molecule has 2 heterocycles. The Balaban J connectivity index is 1.77. The third kappa shape index (κ3) is 2.73. The molecule has 6 heteroatoms. The number of nitrogens with one attached hydrogen (secondary N) is 1. The number of amides is 1. The normalized spacial score (nSPS) is 24.6. The average molecular weight is 322 g/mol. The van der Waals surface area contributed by atoms with Crippen molar-refractivity contribution in [3.8, 4) is 0 Å². The van der Waals surface area contributed by atoms with Gasteiger partial charge in [-0.15, -0.1) is 0 Å². The number of carbonyl (C=O) groups excluding carboxylic acids is 1. The Morgan fingerprint density at radius 2 is 2.14 bits per heavy atom. The molecule has 1 aromatic heterocycles. The highest BCUT2D eigenvalue weighted by Gasteiger charge is 2.40. The van der Waals surface area contributed by atoms with Gasteiger partial charge in [0.05, 0.1) is 0 Å². The zero-order chi connectivity index (χ0) is 15.7. The largest absolute Gasteiger partial charge is 0.341 e. The van der Waals surface area contributed by atoms with Crippen LogP contribution in [0.2, 0.25) is 0 Å². The van der Waals surface area contributed by atoms with Gasteiger partial charge in [0.2, 0.25) is 5.91 Å². The molecule has 1 saturated heterocycles. The molecular formula is C16H26N4OS. The topological polar surface area (TPSA) is 53.9 Å². The van der Waals surface area contributed by atoms with Crippen molar-refractivity contribution in [2.24, 2.45) is 5.41 Å². The number of rotatable bonds is 3. The molecule has 5 nitrogen and oxygen atoms in total. The number of H-pyrrole nitrogens is 1. The summed E-state index contributed by atoms with van der Waals surface area (Å²) >= 11 is 5.29. The van der Waals surface area contributed by atoms with Gasteiger partial charge in [0.15, 0.2) is 4.77 Å². The highest BCUT2D eigenvalue weighted by molar-refractivity contribution is 7.71. The Kier molecular flexibility index (Phi) is 4.39. The van der Waals surface area contributed by atoms with E-state index in [1.54, 1.807) is 0 Å². The van der Waals surface area contributed by atoms with Crippen LogP contribution >= 0.6 is 12.2 Å². The molecular weight excluding hydrogens is 296 g/mol. The van der Waals surface area contributed by atoms with Crippen LogP contribution in [0.5, 0.6) is 0 Å². The van der Waals surface area contributed by atoms with Gasteiger partial charge < -0.3 is 9.47 Å². The molecule has 0 radical (unpaired) electrons. The molecule has 1 aliphatic heterocycles. The lowest BCUT2D eigenvalue weighted by molar-refractivity contribution is -0.142. The lowest BCUT2D eigenvalue weighted by Crippen LogP contribution is -2.46. The molecule has 0 unspecified atom stereocenters. The fourth-order valence-corrected chi connectivity index (χ4v) is 4.34. The van der Waals surface area contributed by atoms with Crippen molar-refractivity contribution in [3.63, 3.8) is 0 Å². The second kappa shape index (κ2) is 6.14. The average Bonchev–Trinajstić information content (AvgIpc) is 3.13. The molecule has 1 aliphatic carbocycles. The molecule has 2 fully saturated rings. The van der Waals surface area contributed by atoms with Crippen LogP contribution in [-0.2, 0) is 11.3 Å². The molecule has 3 rings (SSSR count). The van der Waals surface area contributed by atoms with E-state index in [0.717, 1.165) is 51.1 Å². The van der Waals surface area contributed by atoms with Crippen LogP contribution in [0.15, 0.2) is 0 Å². The molecule has 22 heavy (non-hydrogen) atoms. The summed E-state index contributed by atoms with van der Waals surface area (Å²) < 4.78 is 2.74. The van der Waals surface area contributed by atoms with Crippen molar-refractivity contribution < 1.29 is 4.79 Å². The fourth-order valence-electron chi connectivity index (χ4n) is 4.07. The number of hydrogen-bond acceptors (Lipinski definition) is 3. The zero-order valence-corrected chi connectivity index (χ0v) is 14.4. The molecule has 1 amide bonds. The van der Waals surface area contributed by atoms with E-state index in [2.05, 4.69) is 33.5 Å². The number of hydrogen-bond donors (Lipinski definition) is 1. The SMILES string of the molecule is CCn1c([C@H]2CCCN(C(=O)C3(C)CCCC3)C2)n[nH]c1=S. The summed E-state index contributed by atoms with van der Waals surface area (Å²) in [7, 11) is 0. The van der Waals surface area contributed by atoms with E-state index in [1.165, 1.54) is 12.8 Å². The summed E-state index contributed by atoms with van der Waals surface area (Å²) in [6, 6.07) is 0. The monoisotopic (exact) mass is 322 g/mol. The second-order valence-electron chi connectivity index (χ2n) is 6.99. The van der Waals surface area contributed by atoms with Crippen LogP contribution in [0, 0.1) is 10.2 Å². The maximum Gasteiger partial charge on any atom is 0.228 e. The van der Waals surface area contributed by atoms with Crippen LogP contribution in [0.4, 0.5) is 0 Å². The third-order valence-corrected chi connectivity index (χ3v) is 5.71. The maximum absolute atomic E-state index is 12.9. The number of aromatic amines is 1. The smallest absolute Gasteiger partial charge is 0.228 e. The predicted octanol–water partition coefficient (Wildman–Crippen LogP) is 3.25. The minimum atomic E-state index is -0.128.